The van der Waals surface area contributed by atoms with Crippen molar-refractivity contribution < 1.29 is 17.9 Å². The van der Waals surface area contributed by atoms with E-state index >= 15 is 0 Å². The molecule has 0 saturated heterocycles. The number of anilines is 1. The third-order valence-electron chi connectivity index (χ3n) is 3.97. The van der Waals surface area contributed by atoms with Gasteiger partial charge in [0, 0.05) is 11.9 Å². The van der Waals surface area contributed by atoms with Crippen LogP contribution < -0.4 is 10.0 Å². The number of rotatable bonds is 7. The summed E-state index contributed by atoms with van der Waals surface area (Å²) in [6.45, 7) is 0. The zero-order valence-corrected chi connectivity index (χ0v) is 16.7. The minimum absolute atomic E-state index is 0.370. The fraction of sp³-hybridized carbons (Fsp3) is 0.158. The standard InChI is InChI=1S/C19H19N3O4S2/c1-26-19(23)21-16(11-13-7-9-15(10-8-13)22-28(24)25)18-20-12-17(27-18)14-5-3-2-4-6-14/h2-10,12,16,28H,11H2,1H3,(H,21,23)(H,22,24,25)/t16-/m0/s1. The van der Waals surface area contributed by atoms with E-state index in [1.807, 2.05) is 30.3 Å². The number of hydrogen-bond donors (Lipinski definition) is 3. The lowest BCUT2D eigenvalue weighted by atomic mass is 10.1. The molecule has 3 rings (SSSR count). The number of carbonyl (C=O) groups is 1. The molecule has 0 fully saturated rings. The molecule has 7 nitrogen and oxygen atoms in total. The summed E-state index contributed by atoms with van der Waals surface area (Å²) >= 11 is 1.50. The third-order valence-corrected chi connectivity index (χ3v) is 5.57. The molecule has 28 heavy (non-hydrogen) atoms. The van der Waals surface area contributed by atoms with E-state index in [4.69, 9.17) is 4.74 Å². The van der Waals surface area contributed by atoms with E-state index in [1.54, 1.807) is 30.5 Å². The van der Waals surface area contributed by atoms with Crippen molar-refractivity contribution in [3.63, 3.8) is 0 Å². The number of thiol groups is 1. The van der Waals surface area contributed by atoms with Crippen LogP contribution >= 0.6 is 11.3 Å². The molecule has 1 amide bonds. The van der Waals surface area contributed by atoms with Gasteiger partial charge in [0.1, 0.15) is 5.01 Å². The third kappa shape index (κ3) is 5.30. The summed E-state index contributed by atoms with van der Waals surface area (Å²) in [5.41, 5.74) is 2.47. The van der Waals surface area contributed by atoms with Crippen molar-refractivity contribution in [2.45, 2.75) is 12.5 Å². The highest BCUT2D eigenvalue weighted by molar-refractivity contribution is 7.73. The molecule has 0 bridgehead atoms. The van der Waals surface area contributed by atoms with Gasteiger partial charge in [-0.15, -0.1) is 11.3 Å². The number of methoxy groups -OCH3 is 1. The Morgan fingerprint density at radius 1 is 1.14 bits per heavy atom. The molecular formula is C19H19N3O4S2. The summed E-state index contributed by atoms with van der Waals surface area (Å²) in [7, 11) is -1.39. The maximum atomic E-state index is 11.8. The van der Waals surface area contributed by atoms with Crippen molar-refractivity contribution in [1.29, 1.82) is 0 Å². The Labute approximate surface area is 168 Å². The minimum Gasteiger partial charge on any atom is -0.453 e. The lowest BCUT2D eigenvalue weighted by Crippen LogP contribution is -2.29. The quantitative estimate of drug-likeness (QED) is 0.512. The normalized spacial score (nSPS) is 11.8. The first-order valence-corrected chi connectivity index (χ1v) is 10.4. The predicted octanol–water partition coefficient (Wildman–Crippen LogP) is 3.39. The molecule has 1 heterocycles. The molecule has 0 aliphatic rings. The summed E-state index contributed by atoms with van der Waals surface area (Å²) in [6, 6.07) is 16.5. The predicted molar refractivity (Wildman–Crippen MR) is 110 cm³/mol. The number of amides is 1. The van der Waals surface area contributed by atoms with Crippen LogP contribution in [0.5, 0.6) is 0 Å². The lowest BCUT2D eigenvalue weighted by Gasteiger charge is -2.16. The van der Waals surface area contributed by atoms with Crippen LogP contribution in [0.2, 0.25) is 0 Å². The monoisotopic (exact) mass is 417 g/mol. The maximum Gasteiger partial charge on any atom is 0.407 e. The van der Waals surface area contributed by atoms with Crippen molar-refractivity contribution >= 4 is 34.0 Å². The number of thiazole rings is 1. The molecule has 146 valence electrons. The molecule has 2 aromatic carbocycles. The molecule has 3 aromatic rings. The number of benzene rings is 2. The van der Waals surface area contributed by atoms with E-state index in [0.29, 0.717) is 12.1 Å². The Bertz CT molecular complexity index is 994. The van der Waals surface area contributed by atoms with Gasteiger partial charge in [0.05, 0.1) is 18.0 Å². The van der Waals surface area contributed by atoms with E-state index in [-0.39, 0.29) is 6.04 Å². The molecule has 0 aliphatic heterocycles. The zero-order chi connectivity index (χ0) is 19.9. The van der Waals surface area contributed by atoms with E-state index in [1.165, 1.54) is 18.4 Å². The largest absolute Gasteiger partial charge is 0.453 e. The molecule has 1 atom stereocenters. The number of alkyl carbamates (subject to hydrolysis) is 1. The molecule has 1 aromatic heterocycles. The average molecular weight is 418 g/mol. The number of aromatic nitrogens is 1. The Balaban J connectivity index is 1.81. The number of nitrogens with zero attached hydrogens (tertiary/aromatic N) is 1. The fourth-order valence-corrected chi connectivity index (χ4v) is 3.98. The molecule has 2 N–H and O–H groups in total. The van der Waals surface area contributed by atoms with Crippen LogP contribution in [0.1, 0.15) is 16.6 Å². The fourth-order valence-electron chi connectivity index (χ4n) is 2.64. The van der Waals surface area contributed by atoms with Gasteiger partial charge in [0.2, 0.25) is 10.9 Å². The van der Waals surface area contributed by atoms with Crippen molar-refractivity contribution in [2.24, 2.45) is 0 Å². The van der Waals surface area contributed by atoms with Crippen LogP contribution in [0, 0.1) is 0 Å². The smallest absolute Gasteiger partial charge is 0.407 e. The van der Waals surface area contributed by atoms with Crippen molar-refractivity contribution in [3.05, 3.63) is 71.4 Å². The topological polar surface area (TPSA) is 97.4 Å². The Morgan fingerprint density at radius 2 is 1.86 bits per heavy atom. The minimum atomic E-state index is -2.70. The van der Waals surface area contributed by atoms with Crippen LogP contribution in [-0.2, 0) is 22.0 Å². The van der Waals surface area contributed by atoms with E-state index in [0.717, 1.165) is 21.0 Å². The number of hydrogen-bond acceptors (Lipinski definition) is 6. The zero-order valence-electron chi connectivity index (χ0n) is 15.0. The van der Waals surface area contributed by atoms with E-state index in [2.05, 4.69) is 15.0 Å². The maximum absolute atomic E-state index is 11.8. The van der Waals surface area contributed by atoms with E-state index < -0.39 is 17.0 Å². The SMILES string of the molecule is COC(=O)N[C@@H](Cc1ccc(N[SH](=O)=O)cc1)c1ncc(-c2ccccc2)s1. The second-order valence-electron chi connectivity index (χ2n) is 5.89. The van der Waals surface area contributed by atoms with Crippen molar-refractivity contribution in [1.82, 2.24) is 10.3 Å². The molecule has 0 saturated carbocycles. The Morgan fingerprint density at radius 3 is 2.50 bits per heavy atom. The van der Waals surface area contributed by atoms with Gasteiger partial charge in [0.25, 0.3) is 0 Å². The van der Waals surface area contributed by atoms with Gasteiger partial charge in [-0.25, -0.2) is 18.2 Å². The number of carbonyl (C=O) groups excluding carboxylic acids is 1. The second kappa shape index (κ2) is 9.34. The summed E-state index contributed by atoms with van der Waals surface area (Å²) in [5.74, 6) is 0. The number of ether oxygens (including phenoxy) is 1. The molecule has 0 radical (unpaired) electrons. The van der Waals surface area contributed by atoms with Gasteiger partial charge in [-0.2, -0.15) is 0 Å². The van der Waals surface area contributed by atoms with Gasteiger partial charge >= 0.3 is 6.09 Å². The summed E-state index contributed by atoms with van der Waals surface area (Å²) in [4.78, 5) is 17.3. The Hall–Kier alpha value is -2.91. The van der Waals surface area contributed by atoms with Gasteiger partial charge in [-0.3, -0.25) is 4.72 Å². The van der Waals surface area contributed by atoms with E-state index in [9.17, 15) is 13.2 Å². The summed E-state index contributed by atoms with van der Waals surface area (Å²) < 4.78 is 28.6. The Kier molecular flexibility index (Phi) is 6.62. The molecule has 9 heteroatoms. The molecule has 0 aliphatic carbocycles. The van der Waals surface area contributed by atoms with Crippen LogP contribution in [0.25, 0.3) is 10.4 Å². The number of nitrogens with one attached hydrogen (secondary N) is 2. The molecular weight excluding hydrogens is 398 g/mol. The highest BCUT2D eigenvalue weighted by Gasteiger charge is 2.20. The first-order chi connectivity index (χ1) is 13.5. The average Bonchev–Trinajstić information content (AvgIpc) is 3.19. The van der Waals surface area contributed by atoms with Crippen LogP contribution in [0.4, 0.5) is 10.5 Å². The van der Waals surface area contributed by atoms with Gasteiger partial charge in [0.15, 0.2) is 0 Å². The van der Waals surface area contributed by atoms with Crippen molar-refractivity contribution in [3.8, 4) is 10.4 Å². The summed E-state index contributed by atoms with van der Waals surface area (Å²) in [6.07, 6.45) is 1.74. The first-order valence-electron chi connectivity index (χ1n) is 8.41. The highest BCUT2D eigenvalue weighted by atomic mass is 32.2. The van der Waals surface area contributed by atoms with Crippen LogP contribution in [0.15, 0.2) is 60.8 Å². The molecule has 0 unspecified atom stereocenters. The molecule has 0 spiro atoms. The first kappa shape index (κ1) is 19.8. The van der Waals surface area contributed by atoms with Gasteiger partial charge in [-0.05, 0) is 29.7 Å². The van der Waals surface area contributed by atoms with Crippen LogP contribution in [0.3, 0.4) is 0 Å². The van der Waals surface area contributed by atoms with Gasteiger partial charge < -0.3 is 10.1 Å². The van der Waals surface area contributed by atoms with Crippen molar-refractivity contribution in [2.75, 3.05) is 11.8 Å². The highest BCUT2D eigenvalue weighted by Crippen LogP contribution is 2.30. The van der Waals surface area contributed by atoms with Crippen LogP contribution in [-0.4, -0.2) is 26.6 Å². The summed E-state index contributed by atoms with van der Waals surface area (Å²) in [5, 5.41) is 3.58. The second-order valence-corrected chi connectivity index (χ2v) is 7.69. The lowest BCUT2D eigenvalue weighted by molar-refractivity contribution is 0.166. The van der Waals surface area contributed by atoms with Gasteiger partial charge in [-0.1, -0.05) is 42.5 Å².